The molecule has 1 fully saturated rings. The minimum atomic E-state index is -0.152. The van der Waals surface area contributed by atoms with E-state index in [1.807, 2.05) is 0 Å². The zero-order valence-corrected chi connectivity index (χ0v) is 10.3. The van der Waals surface area contributed by atoms with E-state index >= 15 is 0 Å². The van der Waals surface area contributed by atoms with Crippen molar-refractivity contribution in [2.24, 2.45) is 5.92 Å². The van der Waals surface area contributed by atoms with Crippen molar-refractivity contribution in [1.29, 1.82) is 0 Å². The number of carbonyl (C=O) groups is 1. The molecular formula is C10H16N4OS. The van der Waals surface area contributed by atoms with Crippen LogP contribution in [0, 0.1) is 5.92 Å². The Balaban J connectivity index is 2.31. The number of nitrogens with zero attached hydrogens (tertiary/aromatic N) is 2. The maximum atomic E-state index is 11.7. The molecule has 2 rings (SSSR count). The van der Waals surface area contributed by atoms with Crippen LogP contribution in [-0.2, 0) is 0 Å². The van der Waals surface area contributed by atoms with Crippen LogP contribution >= 0.6 is 11.5 Å². The van der Waals surface area contributed by atoms with Gasteiger partial charge in [0.25, 0.3) is 5.91 Å². The van der Waals surface area contributed by atoms with Crippen LogP contribution in [0.3, 0.4) is 0 Å². The third-order valence-electron chi connectivity index (χ3n) is 2.87. The molecular weight excluding hydrogens is 224 g/mol. The second-order valence-electron chi connectivity index (χ2n) is 4.17. The Bertz CT molecular complexity index is 404. The monoisotopic (exact) mass is 240 g/mol. The Morgan fingerprint density at radius 3 is 3.00 bits per heavy atom. The van der Waals surface area contributed by atoms with Gasteiger partial charge in [-0.05, 0) is 23.9 Å². The zero-order valence-electron chi connectivity index (χ0n) is 9.49. The van der Waals surface area contributed by atoms with Gasteiger partial charge in [-0.3, -0.25) is 4.79 Å². The number of hydrogen-bond acceptors (Lipinski definition) is 5. The molecule has 1 amide bonds. The molecule has 88 valence electrons. The fourth-order valence-electron chi connectivity index (χ4n) is 1.97. The molecule has 1 aliphatic heterocycles. The van der Waals surface area contributed by atoms with Crippen molar-refractivity contribution >= 4 is 28.3 Å². The van der Waals surface area contributed by atoms with Gasteiger partial charge in [0, 0.05) is 20.1 Å². The van der Waals surface area contributed by atoms with Crippen LogP contribution < -0.4 is 16.0 Å². The number of anilines is 2. The third-order valence-corrected chi connectivity index (χ3v) is 3.79. The van der Waals surface area contributed by atoms with Crippen molar-refractivity contribution in [2.45, 2.75) is 13.3 Å². The smallest absolute Gasteiger partial charge is 0.257 e. The van der Waals surface area contributed by atoms with E-state index in [1.165, 1.54) is 11.5 Å². The predicted molar refractivity (Wildman–Crippen MR) is 65.9 cm³/mol. The maximum Gasteiger partial charge on any atom is 0.257 e. The molecule has 1 aliphatic rings. The Morgan fingerprint density at radius 1 is 1.69 bits per heavy atom. The van der Waals surface area contributed by atoms with E-state index in [0.29, 0.717) is 17.3 Å². The van der Waals surface area contributed by atoms with Gasteiger partial charge in [0.15, 0.2) is 5.82 Å². The van der Waals surface area contributed by atoms with Crippen LogP contribution in [0.25, 0.3) is 0 Å². The summed E-state index contributed by atoms with van der Waals surface area (Å²) < 4.78 is 4.07. The molecule has 0 spiro atoms. The molecule has 0 bridgehead atoms. The average Bonchev–Trinajstić information content (AvgIpc) is 2.83. The van der Waals surface area contributed by atoms with Crippen molar-refractivity contribution < 1.29 is 4.79 Å². The Morgan fingerprint density at radius 2 is 2.44 bits per heavy atom. The first-order valence-electron chi connectivity index (χ1n) is 5.35. The van der Waals surface area contributed by atoms with E-state index in [0.717, 1.165) is 24.5 Å². The molecule has 5 nitrogen and oxygen atoms in total. The van der Waals surface area contributed by atoms with Crippen LogP contribution in [0.5, 0.6) is 0 Å². The summed E-state index contributed by atoms with van der Waals surface area (Å²) in [4.78, 5) is 13.9. The largest absolute Gasteiger partial charge is 0.382 e. The number of rotatable bonds is 2. The first-order chi connectivity index (χ1) is 7.63. The van der Waals surface area contributed by atoms with E-state index in [2.05, 4.69) is 21.5 Å². The highest BCUT2D eigenvalue weighted by Crippen LogP contribution is 2.33. The number of nitrogen functional groups attached to an aromatic ring is 1. The van der Waals surface area contributed by atoms with Crippen LogP contribution in [-0.4, -0.2) is 30.4 Å². The van der Waals surface area contributed by atoms with Gasteiger partial charge in [0.1, 0.15) is 10.6 Å². The highest BCUT2D eigenvalue weighted by Gasteiger charge is 2.27. The Labute approximate surface area is 98.8 Å². The molecule has 0 aromatic carbocycles. The van der Waals surface area contributed by atoms with E-state index < -0.39 is 0 Å². The van der Waals surface area contributed by atoms with Gasteiger partial charge in [-0.2, -0.15) is 4.37 Å². The first-order valence-corrected chi connectivity index (χ1v) is 6.13. The third kappa shape index (κ3) is 1.84. The summed E-state index contributed by atoms with van der Waals surface area (Å²) in [5, 5.41) is 3.51. The quantitative estimate of drug-likeness (QED) is 0.806. The SMILES string of the molecule is CNC(=O)c1c(N)nsc1N1CCC(C)C1. The van der Waals surface area contributed by atoms with Crippen LogP contribution in [0.2, 0.25) is 0 Å². The predicted octanol–water partition coefficient (Wildman–Crippen LogP) is 0.931. The fourth-order valence-corrected chi connectivity index (χ4v) is 2.81. The number of nitrogens with one attached hydrogen (secondary N) is 1. The summed E-state index contributed by atoms with van der Waals surface area (Å²) in [5.74, 6) is 0.848. The molecule has 0 radical (unpaired) electrons. The lowest BCUT2D eigenvalue weighted by Crippen LogP contribution is -2.24. The van der Waals surface area contributed by atoms with E-state index in [4.69, 9.17) is 5.73 Å². The van der Waals surface area contributed by atoms with Gasteiger partial charge in [-0.1, -0.05) is 6.92 Å². The van der Waals surface area contributed by atoms with Crippen molar-refractivity contribution in [3.63, 3.8) is 0 Å². The lowest BCUT2D eigenvalue weighted by Gasteiger charge is -2.16. The summed E-state index contributed by atoms with van der Waals surface area (Å²) in [7, 11) is 1.61. The topological polar surface area (TPSA) is 71.2 Å². The first kappa shape index (κ1) is 11.2. The maximum absolute atomic E-state index is 11.7. The molecule has 1 atom stereocenters. The summed E-state index contributed by atoms with van der Waals surface area (Å²) in [6, 6.07) is 0. The molecule has 3 N–H and O–H groups in total. The van der Waals surface area contributed by atoms with Gasteiger partial charge in [0.2, 0.25) is 0 Å². The molecule has 1 aromatic heterocycles. The highest BCUT2D eigenvalue weighted by molar-refractivity contribution is 7.11. The number of hydrogen-bond donors (Lipinski definition) is 2. The van der Waals surface area contributed by atoms with Gasteiger partial charge in [0.05, 0.1) is 0 Å². The summed E-state index contributed by atoms with van der Waals surface area (Å²) in [5.41, 5.74) is 6.26. The highest BCUT2D eigenvalue weighted by atomic mass is 32.1. The summed E-state index contributed by atoms with van der Waals surface area (Å²) in [6.07, 6.45) is 1.16. The van der Waals surface area contributed by atoms with E-state index in [1.54, 1.807) is 7.05 Å². The van der Waals surface area contributed by atoms with Crippen molar-refractivity contribution in [3.05, 3.63) is 5.56 Å². The Hall–Kier alpha value is -1.30. The molecule has 1 saturated heterocycles. The standard InChI is InChI=1S/C10H16N4OS/c1-6-3-4-14(5-6)10-7(9(15)12-2)8(11)13-16-10/h6H,3-5H2,1-2H3,(H2,11,13)(H,12,15). The molecule has 1 unspecified atom stereocenters. The minimum Gasteiger partial charge on any atom is -0.382 e. The van der Waals surface area contributed by atoms with Crippen LogP contribution in [0.4, 0.5) is 10.8 Å². The van der Waals surface area contributed by atoms with Crippen molar-refractivity contribution in [1.82, 2.24) is 9.69 Å². The van der Waals surface area contributed by atoms with Crippen LogP contribution in [0.1, 0.15) is 23.7 Å². The second-order valence-corrected chi connectivity index (χ2v) is 4.92. The zero-order chi connectivity index (χ0) is 11.7. The van der Waals surface area contributed by atoms with E-state index in [9.17, 15) is 4.79 Å². The molecule has 0 aliphatic carbocycles. The fraction of sp³-hybridized carbons (Fsp3) is 0.600. The van der Waals surface area contributed by atoms with Crippen LogP contribution in [0.15, 0.2) is 0 Å². The lowest BCUT2D eigenvalue weighted by molar-refractivity contribution is 0.0964. The van der Waals surface area contributed by atoms with Gasteiger partial charge < -0.3 is 16.0 Å². The average molecular weight is 240 g/mol. The number of carbonyl (C=O) groups excluding carboxylic acids is 1. The normalized spacial score (nSPS) is 20.1. The molecule has 16 heavy (non-hydrogen) atoms. The van der Waals surface area contributed by atoms with Crippen molar-refractivity contribution in [2.75, 3.05) is 30.8 Å². The van der Waals surface area contributed by atoms with Gasteiger partial charge in [-0.25, -0.2) is 0 Å². The summed E-state index contributed by atoms with van der Waals surface area (Å²) >= 11 is 1.31. The van der Waals surface area contributed by atoms with E-state index in [-0.39, 0.29) is 5.91 Å². The molecule has 2 heterocycles. The molecule has 1 aromatic rings. The van der Waals surface area contributed by atoms with Gasteiger partial charge >= 0.3 is 0 Å². The Kier molecular flexibility index (Phi) is 3.00. The minimum absolute atomic E-state index is 0.152. The van der Waals surface area contributed by atoms with Gasteiger partial charge in [-0.15, -0.1) is 0 Å². The lowest BCUT2D eigenvalue weighted by atomic mass is 10.2. The number of nitrogens with two attached hydrogens (primary N) is 1. The number of amides is 1. The summed E-state index contributed by atoms with van der Waals surface area (Å²) in [6.45, 7) is 4.17. The molecule has 6 heteroatoms. The second kappa shape index (κ2) is 4.29. The number of aromatic nitrogens is 1. The van der Waals surface area contributed by atoms with Crippen molar-refractivity contribution in [3.8, 4) is 0 Å². The molecule has 0 saturated carbocycles.